The maximum atomic E-state index is 12.6. The standard InChI is InChI=1S/C27H23N5O2S/c33-25(29-23-15-13-22(14-16-23)28-21-10-5-2-6-11-21)19-35-27-31-30-26(24-12-7-17-34-24)32(27)18-20-8-3-1-4-9-20/h1-17,28H,18-19H2,(H,29,33). The van der Waals surface area contributed by atoms with Crippen LogP contribution < -0.4 is 10.6 Å². The molecular formula is C27H23N5O2S. The molecule has 0 aliphatic rings. The van der Waals surface area contributed by atoms with Gasteiger partial charge >= 0.3 is 0 Å². The molecule has 0 atom stereocenters. The first-order valence-corrected chi connectivity index (χ1v) is 12.1. The zero-order valence-corrected chi connectivity index (χ0v) is 19.6. The number of nitrogens with zero attached hydrogens (tertiary/aromatic N) is 3. The molecule has 5 rings (SSSR count). The highest BCUT2D eigenvalue weighted by atomic mass is 32.2. The van der Waals surface area contributed by atoms with Gasteiger partial charge in [-0.15, -0.1) is 10.2 Å². The third kappa shape index (κ3) is 5.80. The summed E-state index contributed by atoms with van der Waals surface area (Å²) in [5, 5.41) is 15.6. The summed E-state index contributed by atoms with van der Waals surface area (Å²) in [5.41, 5.74) is 3.80. The molecule has 0 aliphatic heterocycles. The minimum absolute atomic E-state index is 0.118. The Morgan fingerprint density at radius 3 is 2.20 bits per heavy atom. The minimum atomic E-state index is -0.118. The quantitative estimate of drug-likeness (QED) is 0.249. The average Bonchev–Trinajstić information content (AvgIpc) is 3.55. The number of benzene rings is 3. The van der Waals surface area contributed by atoms with Crippen LogP contribution in [0.5, 0.6) is 0 Å². The largest absolute Gasteiger partial charge is 0.461 e. The van der Waals surface area contributed by atoms with Gasteiger partial charge < -0.3 is 15.1 Å². The number of anilines is 3. The highest BCUT2D eigenvalue weighted by Crippen LogP contribution is 2.26. The van der Waals surface area contributed by atoms with E-state index in [1.807, 2.05) is 102 Å². The monoisotopic (exact) mass is 481 g/mol. The molecule has 3 aromatic carbocycles. The highest BCUT2D eigenvalue weighted by molar-refractivity contribution is 7.99. The van der Waals surface area contributed by atoms with Gasteiger partial charge in [-0.25, -0.2) is 0 Å². The second-order valence-corrected chi connectivity index (χ2v) is 8.70. The first-order valence-electron chi connectivity index (χ1n) is 11.1. The van der Waals surface area contributed by atoms with Crippen LogP contribution in [0.3, 0.4) is 0 Å². The fraction of sp³-hybridized carbons (Fsp3) is 0.0741. The van der Waals surface area contributed by atoms with Crippen molar-refractivity contribution >= 4 is 34.7 Å². The molecule has 0 radical (unpaired) electrons. The topological polar surface area (TPSA) is 85.0 Å². The molecular weight excluding hydrogens is 458 g/mol. The van der Waals surface area contributed by atoms with Crippen LogP contribution in [-0.2, 0) is 11.3 Å². The number of hydrogen-bond donors (Lipinski definition) is 2. The number of nitrogens with one attached hydrogen (secondary N) is 2. The summed E-state index contributed by atoms with van der Waals surface area (Å²) in [7, 11) is 0. The number of hydrogen-bond acceptors (Lipinski definition) is 6. The zero-order valence-electron chi connectivity index (χ0n) is 18.8. The van der Waals surface area contributed by atoms with Gasteiger partial charge in [0.1, 0.15) is 0 Å². The number of carbonyl (C=O) groups excluding carboxylic acids is 1. The lowest BCUT2D eigenvalue weighted by Gasteiger charge is -2.10. The molecule has 0 aliphatic carbocycles. The SMILES string of the molecule is O=C(CSc1nnc(-c2ccco2)n1Cc1ccccc1)Nc1ccc(Nc2ccccc2)cc1. The maximum absolute atomic E-state index is 12.6. The molecule has 174 valence electrons. The summed E-state index contributed by atoms with van der Waals surface area (Å²) in [6.45, 7) is 0.573. The summed E-state index contributed by atoms with van der Waals surface area (Å²) in [6, 6.07) is 31.3. The van der Waals surface area contributed by atoms with E-state index < -0.39 is 0 Å². The number of rotatable bonds is 9. The van der Waals surface area contributed by atoms with E-state index in [0.29, 0.717) is 23.3 Å². The first-order chi connectivity index (χ1) is 17.2. The van der Waals surface area contributed by atoms with Gasteiger partial charge in [0.25, 0.3) is 0 Å². The average molecular weight is 482 g/mol. The van der Waals surface area contributed by atoms with E-state index in [1.165, 1.54) is 11.8 Å². The Morgan fingerprint density at radius 1 is 0.800 bits per heavy atom. The molecule has 0 saturated heterocycles. The molecule has 2 heterocycles. The van der Waals surface area contributed by atoms with Crippen molar-refractivity contribution < 1.29 is 9.21 Å². The fourth-order valence-electron chi connectivity index (χ4n) is 3.54. The summed E-state index contributed by atoms with van der Waals surface area (Å²) < 4.78 is 7.51. The Hall–Kier alpha value is -4.30. The van der Waals surface area contributed by atoms with E-state index >= 15 is 0 Å². The lowest BCUT2D eigenvalue weighted by Crippen LogP contribution is -2.14. The Morgan fingerprint density at radius 2 is 1.49 bits per heavy atom. The van der Waals surface area contributed by atoms with Crippen molar-refractivity contribution in [3.63, 3.8) is 0 Å². The van der Waals surface area contributed by atoms with Crippen molar-refractivity contribution in [3.8, 4) is 11.6 Å². The van der Waals surface area contributed by atoms with Crippen molar-refractivity contribution in [1.29, 1.82) is 0 Å². The van der Waals surface area contributed by atoms with Gasteiger partial charge in [-0.3, -0.25) is 9.36 Å². The van der Waals surface area contributed by atoms with Crippen LogP contribution in [0.15, 0.2) is 113 Å². The fourth-order valence-corrected chi connectivity index (χ4v) is 4.28. The second-order valence-electron chi connectivity index (χ2n) is 7.76. The maximum Gasteiger partial charge on any atom is 0.234 e. The van der Waals surface area contributed by atoms with Crippen molar-refractivity contribution in [3.05, 3.63) is 109 Å². The van der Waals surface area contributed by atoms with Gasteiger partial charge in [0.2, 0.25) is 11.7 Å². The Labute approximate surface area is 207 Å². The molecule has 35 heavy (non-hydrogen) atoms. The van der Waals surface area contributed by atoms with E-state index in [0.717, 1.165) is 22.6 Å². The summed E-state index contributed by atoms with van der Waals surface area (Å²) in [5.74, 6) is 1.35. The van der Waals surface area contributed by atoms with Crippen molar-refractivity contribution in [2.24, 2.45) is 0 Å². The van der Waals surface area contributed by atoms with Crippen molar-refractivity contribution in [1.82, 2.24) is 14.8 Å². The number of carbonyl (C=O) groups is 1. The van der Waals surface area contributed by atoms with E-state index in [2.05, 4.69) is 20.8 Å². The Balaban J connectivity index is 1.23. The molecule has 2 aromatic heterocycles. The molecule has 7 nitrogen and oxygen atoms in total. The molecule has 0 bridgehead atoms. The predicted molar refractivity (Wildman–Crippen MR) is 139 cm³/mol. The van der Waals surface area contributed by atoms with Gasteiger partial charge in [-0.1, -0.05) is 60.3 Å². The number of furan rings is 1. The molecule has 0 fully saturated rings. The van der Waals surface area contributed by atoms with Crippen molar-refractivity contribution in [2.75, 3.05) is 16.4 Å². The number of amides is 1. The lowest BCUT2D eigenvalue weighted by atomic mass is 10.2. The summed E-state index contributed by atoms with van der Waals surface area (Å²) >= 11 is 1.34. The Bertz CT molecular complexity index is 1370. The lowest BCUT2D eigenvalue weighted by molar-refractivity contribution is -0.113. The molecule has 5 aromatic rings. The van der Waals surface area contributed by atoms with Gasteiger partial charge in [-0.2, -0.15) is 0 Å². The number of aromatic nitrogens is 3. The van der Waals surface area contributed by atoms with Crippen molar-refractivity contribution in [2.45, 2.75) is 11.7 Å². The van der Waals surface area contributed by atoms with Crippen LogP contribution in [0.2, 0.25) is 0 Å². The Kier molecular flexibility index (Phi) is 6.91. The van der Waals surface area contributed by atoms with Gasteiger partial charge in [0.05, 0.1) is 18.6 Å². The summed E-state index contributed by atoms with van der Waals surface area (Å²) in [4.78, 5) is 12.6. The van der Waals surface area contributed by atoms with Gasteiger partial charge in [0.15, 0.2) is 10.9 Å². The molecule has 8 heteroatoms. The first kappa shape index (κ1) is 22.5. The molecule has 0 spiro atoms. The van der Waals surface area contributed by atoms with E-state index in [-0.39, 0.29) is 11.7 Å². The normalized spacial score (nSPS) is 10.7. The third-order valence-corrected chi connectivity index (χ3v) is 6.17. The molecule has 1 amide bonds. The third-order valence-electron chi connectivity index (χ3n) is 5.21. The number of para-hydroxylation sites is 1. The van der Waals surface area contributed by atoms with Gasteiger partial charge in [0, 0.05) is 17.1 Å². The molecule has 2 N–H and O–H groups in total. The van der Waals surface area contributed by atoms with Gasteiger partial charge in [-0.05, 0) is 54.1 Å². The van der Waals surface area contributed by atoms with Crippen LogP contribution in [0.4, 0.5) is 17.1 Å². The van der Waals surface area contributed by atoms with E-state index in [1.54, 1.807) is 6.26 Å². The van der Waals surface area contributed by atoms with Crippen LogP contribution in [0, 0.1) is 0 Å². The van der Waals surface area contributed by atoms with Crippen LogP contribution in [0.25, 0.3) is 11.6 Å². The minimum Gasteiger partial charge on any atom is -0.461 e. The molecule has 0 unspecified atom stereocenters. The summed E-state index contributed by atoms with van der Waals surface area (Å²) in [6.07, 6.45) is 1.61. The van der Waals surface area contributed by atoms with Crippen LogP contribution >= 0.6 is 11.8 Å². The smallest absolute Gasteiger partial charge is 0.234 e. The van der Waals surface area contributed by atoms with Crippen LogP contribution in [-0.4, -0.2) is 26.4 Å². The highest BCUT2D eigenvalue weighted by Gasteiger charge is 2.18. The second kappa shape index (κ2) is 10.8. The van der Waals surface area contributed by atoms with E-state index in [9.17, 15) is 4.79 Å². The zero-order chi connectivity index (χ0) is 23.9. The molecule has 0 saturated carbocycles. The number of thioether (sulfide) groups is 1. The predicted octanol–water partition coefficient (Wildman–Crippen LogP) is 6.06. The van der Waals surface area contributed by atoms with E-state index in [4.69, 9.17) is 4.42 Å². The van der Waals surface area contributed by atoms with Crippen LogP contribution in [0.1, 0.15) is 5.56 Å².